The number of hydrogen-bond donors (Lipinski definition) is 1. The van der Waals surface area contributed by atoms with Crippen molar-refractivity contribution in [3.8, 4) is 0 Å². The van der Waals surface area contributed by atoms with E-state index in [-0.39, 0.29) is 11.8 Å². The van der Waals surface area contributed by atoms with Crippen LogP contribution in [0.15, 0.2) is 66.7 Å². The van der Waals surface area contributed by atoms with Gasteiger partial charge in [0, 0.05) is 43.0 Å². The molecule has 3 aromatic rings. The van der Waals surface area contributed by atoms with Gasteiger partial charge in [-0.2, -0.15) is 0 Å². The summed E-state index contributed by atoms with van der Waals surface area (Å²) >= 11 is 6.57. The summed E-state index contributed by atoms with van der Waals surface area (Å²) in [6, 6.07) is 20.7. The molecule has 1 N–H and O–H groups in total. The van der Waals surface area contributed by atoms with E-state index in [1.807, 2.05) is 73.3 Å². The number of anilines is 2. The van der Waals surface area contributed by atoms with E-state index in [9.17, 15) is 9.59 Å². The van der Waals surface area contributed by atoms with Crippen LogP contribution in [0.4, 0.5) is 11.4 Å². The fourth-order valence-corrected chi connectivity index (χ4v) is 4.30. The number of amides is 2. The highest BCUT2D eigenvalue weighted by Crippen LogP contribution is 2.30. The van der Waals surface area contributed by atoms with Crippen molar-refractivity contribution in [2.24, 2.45) is 0 Å². The molecule has 0 bridgehead atoms. The van der Waals surface area contributed by atoms with Crippen LogP contribution in [0.3, 0.4) is 0 Å². The molecule has 164 valence electrons. The zero-order valence-corrected chi connectivity index (χ0v) is 19.0. The third kappa shape index (κ3) is 4.63. The Morgan fingerprint density at radius 2 is 1.41 bits per heavy atom. The van der Waals surface area contributed by atoms with Crippen molar-refractivity contribution < 1.29 is 9.59 Å². The Hall–Kier alpha value is -3.31. The van der Waals surface area contributed by atoms with E-state index in [2.05, 4.69) is 10.2 Å². The minimum Gasteiger partial charge on any atom is -0.367 e. The molecule has 1 heterocycles. The van der Waals surface area contributed by atoms with Crippen molar-refractivity contribution in [1.82, 2.24) is 4.90 Å². The molecule has 0 spiro atoms. The zero-order chi connectivity index (χ0) is 22.7. The lowest BCUT2D eigenvalue weighted by molar-refractivity contribution is 0.0746. The minimum absolute atomic E-state index is 0.0723. The van der Waals surface area contributed by atoms with Gasteiger partial charge in [0.2, 0.25) is 0 Å². The van der Waals surface area contributed by atoms with Crippen LogP contribution >= 0.6 is 11.6 Å². The summed E-state index contributed by atoms with van der Waals surface area (Å²) in [7, 11) is 0. The fourth-order valence-electron chi connectivity index (χ4n) is 4.00. The van der Waals surface area contributed by atoms with Crippen molar-refractivity contribution >= 4 is 34.8 Å². The highest BCUT2D eigenvalue weighted by Gasteiger charge is 2.24. The molecule has 0 radical (unpaired) electrons. The molecule has 1 aliphatic rings. The van der Waals surface area contributed by atoms with Crippen molar-refractivity contribution in [2.45, 2.75) is 13.8 Å². The number of carbonyl (C=O) groups excluding carboxylic acids is 2. The van der Waals surface area contributed by atoms with Gasteiger partial charge < -0.3 is 15.1 Å². The molecule has 0 atom stereocenters. The van der Waals surface area contributed by atoms with Gasteiger partial charge in [0.25, 0.3) is 11.8 Å². The lowest BCUT2D eigenvalue weighted by Gasteiger charge is -2.36. The predicted molar refractivity (Wildman–Crippen MR) is 130 cm³/mol. The number of nitrogens with zero attached hydrogens (tertiary/aromatic N) is 2. The third-order valence-corrected chi connectivity index (χ3v) is 6.18. The molecule has 1 fully saturated rings. The molecule has 3 aromatic carbocycles. The summed E-state index contributed by atoms with van der Waals surface area (Å²) in [6.45, 7) is 6.54. The van der Waals surface area contributed by atoms with Crippen LogP contribution < -0.4 is 10.2 Å². The summed E-state index contributed by atoms with van der Waals surface area (Å²) in [5.41, 5.74) is 4.87. The van der Waals surface area contributed by atoms with Gasteiger partial charge in [-0.1, -0.05) is 48.0 Å². The van der Waals surface area contributed by atoms with Gasteiger partial charge in [0.05, 0.1) is 10.7 Å². The summed E-state index contributed by atoms with van der Waals surface area (Å²) in [5, 5.41) is 3.50. The van der Waals surface area contributed by atoms with Gasteiger partial charge in [-0.3, -0.25) is 9.59 Å². The molecule has 32 heavy (non-hydrogen) atoms. The standard InChI is InChI=1S/C26H26ClN3O2/c1-18-7-3-5-9-21(18)25(31)28-20-11-12-24(23(27)17-20)29-13-15-30(16-14-29)26(32)22-10-6-4-8-19(22)2/h3-12,17H,13-16H2,1-2H3,(H,28,31). The van der Waals surface area contributed by atoms with Crippen LogP contribution in [0.5, 0.6) is 0 Å². The summed E-state index contributed by atoms with van der Waals surface area (Å²) in [5.74, 6) is -0.0849. The average Bonchev–Trinajstić information content (AvgIpc) is 2.79. The van der Waals surface area contributed by atoms with E-state index in [1.165, 1.54) is 0 Å². The second-order valence-electron chi connectivity index (χ2n) is 8.03. The van der Waals surface area contributed by atoms with Crippen LogP contribution in [-0.2, 0) is 0 Å². The molecule has 4 rings (SSSR count). The molecule has 6 heteroatoms. The Morgan fingerprint density at radius 1 is 0.812 bits per heavy atom. The third-order valence-electron chi connectivity index (χ3n) is 5.88. The average molecular weight is 448 g/mol. The largest absolute Gasteiger partial charge is 0.367 e. The smallest absolute Gasteiger partial charge is 0.255 e. The van der Waals surface area contributed by atoms with Gasteiger partial charge in [-0.15, -0.1) is 0 Å². The number of nitrogens with one attached hydrogen (secondary N) is 1. The molecule has 0 unspecified atom stereocenters. The molecule has 0 aliphatic carbocycles. The van der Waals surface area contributed by atoms with Gasteiger partial charge in [0.1, 0.15) is 0 Å². The Balaban J connectivity index is 1.40. The van der Waals surface area contributed by atoms with Crippen molar-refractivity contribution in [3.63, 3.8) is 0 Å². The quantitative estimate of drug-likeness (QED) is 0.600. The molecule has 2 amide bonds. The first-order chi connectivity index (χ1) is 15.4. The normalized spacial score (nSPS) is 13.7. The van der Waals surface area contributed by atoms with Gasteiger partial charge in [-0.05, 0) is 55.3 Å². The molecular weight excluding hydrogens is 422 g/mol. The van der Waals surface area contributed by atoms with Crippen LogP contribution in [0.2, 0.25) is 5.02 Å². The first-order valence-corrected chi connectivity index (χ1v) is 11.1. The molecule has 0 aromatic heterocycles. The van der Waals surface area contributed by atoms with Gasteiger partial charge in [0.15, 0.2) is 0 Å². The monoisotopic (exact) mass is 447 g/mol. The number of benzene rings is 3. The van der Waals surface area contributed by atoms with Crippen molar-refractivity contribution in [2.75, 3.05) is 36.4 Å². The van der Waals surface area contributed by atoms with Crippen molar-refractivity contribution in [1.29, 1.82) is 0 Å². The number of hydrogen-bond acceptors (Lipinski definition) is 3. The lowest BCUT2D eigenvalue weighted by Crippen LogP contribution is -2.49. The number of halogens is 1. The number of aryl methyl sites for hydroxylation is 2. The van der Waals surface area contributed by atoms with E-state index in [0.29, 0.717) is 42.5 Å². The highest BCUT2D eigenvalue weighted by atomic mass is 35.5. The first-order valence-electron chi connectivity index (χ1n) is 10.7. The fraction of sp³-hybridized carbons (Fsp3) is 0.231. The predicted octanol–water partition coefficient (Wildman–Crippen LogP) is 5.17. The molecule has 1 saturated heterocycles. The minimum atomic E-state index is -0.157. The van der Waals surface area contributed by atoms with Gasteiger partial charge >= 0.3 is 0 Å². The number of rotatable bonds is 4. The SMILES string of the molecule is Cc1ccccc1C(=O)Nc1ccc(N2CCN(C(=O)c3ccccc3C)CC2)c(Cl)c1. The maximum atomic E-state index is 12.9. The summed E-state index contributed by atoms with van der Waals surface area (Å²) in [6.07, 6.45) is 0. The molecular formula is C26H26ClN3O2. The van der Waals surface area contributed by atoms with Crippen LogP contribution in [0.1, 0.15) is 31.8 Å². The van der Waals surface area contributed by atoms with Crippen LogP contribution in [0, 0.1) is 13.8 Å². The maximum absolute atomic E-state index is 12.9. The van der Waals surface area contributed by atoms with Crippen LogP contribution in [0.25, 0.3) is 0 Å². The highest BCUT2D eigenvalue weighted by molar-refractivity contribution is 6.33. The van der Waals surface area contributed by atoms with E-state index < -0.39 is 0 Å². The zero-order valence-electron chi connectivity index (χ0n) is 18.3. The Kier molecular flexibility index (Phi) is 6.47. The molecule has 0 saturated carbocycles. The number of piperazine rings is 1. The van der Waals surface area contributed by atoms with E-state index >= 15 is 0 Å². The Labute approximate surface area is 193 Å². The topological polar surface area (TPSA) is 52.7 Å². The first kappa shape index (κ1) is 21.9. The summed E-state index contributed by atoms with van der Waals surface area (Å²) < 4.78 is 0. The number of carbonyl (C=O) groups is 2. The second kappa shape index (κ2) is 9.45. The van der Waals surface area contributed by atoms with E-state index in [1.54, 1.807) is 12.1 Å². The summed E-state index contributed by atoms with van der Waals surface area (Å²) in [4.78, 5) is 29.5. The van der Waals surface area contributed by atoms with Crippen LogP contribution in [-0.4, -0.2) is 42.9 Å². The molecule has 5 nitrogen and oxygen atoms in total. The van der Waals surface area contributed by atoms with Gasteiger partial charge in [-0.25, -0.2) is 0 Å². The Bertz CT molecular complexity index is 1150. The van der Waals surface area contributed by atoms with E-state index in [0.717, 1.165) is 22.4 Å². The van der Waals surface area contributed by atoms with E-state index in [4.69, 9.17) is 11.6 Å². The lowest BCUT2D eigenvalue weighted by atomic mass is 10.1. The molecule has 1 aliphatic heterocycles. The second-order valence-corrected chi connectivity index (χ2v) is 8.44. The van der Waals surface area contributed by atoms with Crippen molar-refractivity contribution in [3.05, 3.63) is 94.0 Å². The Morgan fingerprint density at radius 3 is 2.00 bits per heavy atom. The maximum Gasteiger partial charge on any atom is 0.255 e.